The number of nitrogens with zero attached hydrogens (tertiary/aromatic N) is 5. The predicted octanol–water partition coefficient (Wildman–Crippen LogP) is 5.25. The lowest BCUT2D eigenvalue weighted by Gasteiger charge is -2.39. The number of benzene rings is 1. The highest BCUT2D eigenvalue weighted by atomic mass is 16.5. The number of nitrogens with one attached hydrogen (secondary N) is 1. The number of hydrogen-bond acceptors (Lipinski definition) is 9. The van der Waals surface area contributed by atoms with Gasteiger partial charge in [0.2, 0.25) is 17.7 Å². The first kappa shape index (κ1) is 26.0. The van der Waals surface area contributed by atoms with E-state index in [0.29, 0.717) is 29.7 Å². The molecule has 1 aliphatic carbocycles. The van der Waals surface area contributed by atoms with E-state index in [0.717, 1.165) is 91.8 Å². The number of aromatic nitrogens is 4. The molecule has 39 heavy (non-hydrogen) atoms. The Morgan fingerprint density at radius 3 is 2.67 bits per heavy atom. The summed E-state index contributed by atoms with van der Waals surface area (Å²) in [7, 11) is 0. The van der Waals surface area contributed by atoms with Gasteiger partial charge < -0.3 is 24.5 Å². The summed E-state index contributed by atoms with van der Waals surface area (Å²) in [5.41, 5.74) is 4.63. The van der Waals surface area contributed by atoms with Gasteiger partial charge in [0.1, 0.15) is 5.82 Å². The van der Waals surface area contributed by atoms with Gasteiger partial charge in [-0.05, 0) is 67.9 Å². The Morgan fingerprint density at radius 2 is 1.90 bits per heavy atom. The Hall–Kier alpha value is -3.30. The van der Waals surface area contributed by atoms with Gasteiger partial charge in [0.25, 0.3) is 0 Å². The van der Waals surface area contributed by atoms with Crippen molar-refractivity contribution in [2.45, 2.75) is 84.0 Å². The van der Waals surface area contributed by atoms with Crippen LogP contribution in [0.15, 0.2) is 28.8 Å². The van der Waals surface area contributed by atoms with Crippen LogP contribution in [0.5, 0.6) is 0 Å². The summed E-state index contributed by atoms with van der Waals surface area (Å²) in [5.74, 6) is 2.98. The summed E-state index contributed by atoms with van der Waals surface area (Å²) >= 11 is 0. The summed E-state index contributed by atoms with van der Waals surface area (Å²) in [6.45, 7) is 7.83. The highest BCUT2D eigenvalue weighted by molar-refractivity contribution is 5.93. The Morgan fingerprint density at radius 1 is 1.10 bits per heavy atom. The number of anilines is 2. The highest BCUT2D eigenvalue weighted by Crippen LogP contribution is 2.41. The maximum absolute atomic E-state index is 11.9. The minimum absolute atomic E-state index is 0.228. The molecule has 2 N–H and O–H groups in total. The van der Waals surface area contributed by atoms with Gasteiger partial charge in [-0.1, -0.05) is 32.8 Å². The van der Waals surface area contributed by atoms with Crippen LogP contribution < -0.4 is 10.2 Å². The molecule has 1 saturated carbocycles. The second-order valence-electron chi connectivity index (χ2n) is 11.5. The van der Waals surface area contributed by atoms with Crippen LogP contribution in [0.4, 0.5) is 11.8 Å². The quantitative estimate of drug-likeness (QED) is 0.423. The number of fused-ring (bicyclic) bond motifs is 1. The Balaban J connectivity index is 1.37. The number of aryl methyl sites for hydroxylation is 1. The molecule has 206 valence electrons. The van der Waals surface area contributed by atoms with E-state index in [9.17, 15) is 5.11 Å². The van der Waals surface area contributed by atoms with Crippen molar-refractivity contribution in [2.75, 3.05) is 23.4 Å². The summed E-state index contributed by atoms with van der Waals surface area (Å²) < 4.78 is 11.5. The first-order valence-corrected chi connectivity index (χ1v) is 14.3. The van der Waals surface area contributed by atoms with Crippen LogP contribution in [0.25, 0.3) is 23.1 Å². The molecule has 1 atom stereocenters. The average Bonchev–Trinajstić information content (AvgIpc) is 3.62. The highest BCUT2D eigenvalue weighted by Gasteiger charge is 2.36. The third-order valence-electron chi connectivity index (χ3n) is 8.01. The number of rotatable bonds is 7. The van der Waals surface area contributed by atoms with Crippen molar-refractivity contribution in [1.29, 1.82) is 0 Å². The molecule has 3 aliphatic rings. The number of hydrogen-bond donors (Lipinski definition) is 2. The molecule has 1 aromatic carbocycles. The molecule has 9 nitrogen and oxygen atoms in total. The fraction of sp³-hybridized carbons (Fsp3) is 0.533. The normalized spacial score (nSPS) is 20.4. The van der Waals surface area contributed by atoms with Gasteiger partial charge in [0, 0.05) is 54.6 Å². The zero-order valence-electron chi connectivity index (χ0n) is 23.1. The lowest BCUT2D eigenvalue weighted by molar-refractivity contribution is 0.0903. The van der Waals surface area contributed by atoms with Crippen molar-refractivity contribution in [1.82, 2.24) is 20.2 Å². The van der Waals surface area contributed by atoms with Crippen LogP contribution in [0.3, 0.4) is 0 Å². The van der Waals surface area contributed by atoms with Gasteiger partial charge in [-0.2, -0.15) is 4.98 Å². The van der Waals surface area contributed by atoms with Gasteiger partial charge in [0.05, 0.1) is 0 Å². The molecule has 1 unspecified atom stereocenters. The SMILES string of the molecule is Cc1ccc(-c2nnc(CC(C)C)o2)cc1C1=Cc2cnc(NC3CCOCC3)nc2N(C2CCCC2)C1O. The molecule has 9 heteroatoms. The minimum Gasteiger partial charge on any atom is -0.421 e. The smallest absolute Gasteiger partial charge is 0.247 e. The third kappa shape index (κ3) is 5.43. The monoisotopic (exact) mass is 530 g/mol. The standard InChI is InChI=1S/C30H38N6O3/c1-18(2)14-26-34-35-28(39-26)20-9-8-19(3)24(15-20)25-16-21-17-31-30(32-22-10-12-38-13-11-22)33-27(21)36(29(25)37)23-6-4-5-7-23/h8-9,15-18,22-23,29,37H,4-7,10-14H2,1-3H3,(H,31,32,33). The molecule has 2 fully saturated rings. The predicted molar refractivity (Wildman–Crippen MR) is 151 cm³/mol. The fourth-order valence-electron chi connectivity index (χ4n) is 5.93. The van der Waals surface area contributed by atoms with Crippen molar-refractivity contribution in [3.8, 4) is 11.5 Å². The maximum Gasteiger partial charge on any atom is 0.247 e. The average molecular weight is 531 g/mol. The molecular formula is C30H38N6O3. The van der Waals surface area contributed by atoms with Gasteiger partial charge in [-0.3, -0.25) is 0 Å². The van der Waals surface area contributed by atoms with E-state index in [2.05, 4.69) is 58.3 Å². The maximum atomic E-state index is 11.9. The number of aliphatic hydroxyl groups excluding tert-OH is 1. The van der Waals surface area contributed by atoms with Crippen molar-refractivity contribution in [2.24, 2.45) is 5.92 Å². The van der Waals surface area contributed by atoms with Gasteiger partial charge in [0.15, 0.2) is 6.23 Å². The lowest BCUT2D eigenvalue weighted by Crippen LogP contribution is -2.45. The van der Waals surface area contributed by atoms with Crippen molar-refractivity contribution in [3.05, 3.63) is 47.0 Å². The molecular weight excluding hydrogens is 492 g/mol. The van der Waals surface area contributed by atoms with Gasteiger partial charge in [-0.25, -0.2) is 4.98 Å². The molecule has 2 aromatic heterocycles. The van der Waals surface area contributed by atoms with E-state index in [1.54, 1.807) is 0 Å². The van der Waals surface area contributed by atoms with Gasteiger partial charge >= 0.3 is 0 Å². The van der Waals surface area contributed by atoms with E-state index >= 15 is 0 Å². The van der Waals surface area contributed by atoms with Crippen LogP contribution in [-0.2, 0) is 11.2 Å². The second kappa shape index (κ2) is 11.1. The molecule has 0 radical (unpaired) electrons. The van der Waals surface area contributed by atoms with Gasteiger partial charge in [-0.15, -0.1) is 10.2 Å². The van der Waals surface area contributed by atoms with E-state index in [1.807, 2.05) is 18.3 Å². The molecule has 1 saturated heterocycles. The largest absolute Gasteiger partial charge is 0.421 e. The number of aliphatic hydroxyl groups is 1. The molecule has 4 heterocycles. The van der Waals surface area contributed by atoms with E-state index in [4.69, 9.17) is 14.1 Å². The van der Waals surface area contributed by atoms with E-state index in [-0.39, 0.29) is 6.04 Å². The van der Waals surface area contributed by atoms with E-state index < -0.39 is 6.23 Å². The number of ether oxygens (including phenoxy) is 1. The third-order valence-corrected chi connectivity index (χ3v) is 8.01. The Kier molecular flexibility index (Phi) is 7.36. The lowest BCUT2D eigenvalue weighted by atomic mass is 9.92. The Labute approximate surface area is 229 Å². The van der Waals surface area contributed by atoms with Crippen LogP contribution in [-0.4, -0.2) is 56.8 Å². The van der Waals surface area contributed by atoms with Crippen LogP contribution in [0, 0.1) is 12.8 Å². The first-order chi connectivity index (χ1) is 19.0. The molecule has 0 bridgehead atoms. The van der Waals surface area contributed by atoms with Crippen LogP contribution >= 0.6 is 0 Å². The summed E-state index contributed by atoms with van der Waals surface area (Å²) in [5, 5.41) is 23.9. The molecule has 6 rings (SSSR count). The molecule has 3 aromatic rings. The van der Waals surface area contributed by atoms with E-state index in [1.165, 1.54) is 0 Å². The fourth-order valence-corrected chi connectivity index (χ4v) is 5.93. The Bertz CT molecular complexity index is 1340. The molecule has 0 spiro atoms. The van der Waals surface area contributed by atoms with Crippen molar-refractivity contribution < 1.29 is 14.3 Å². The van der Waals surface area contributed by atoms with Crippen LogP contribution in [0.2, 0.25) is 0 Å². The molecule has 0 amide bonds. The minimum atomic E-state index is -0.820. The summed E-state index contributed by atoms with van der Waals surface area (Å²) in [6.07, 6.45) is 10.1. The topological polar surface area (TPSA) is 109 Å². The zero-order valence-corrected chi connectivity index (χ0v) is 23.1. The van der Waals surface area contributed by atoms with Crippen molar-refractivity contribution >= 4 is 23.4 Å². The zero-order chi connectivity index (χ0) is 26.9. The van der Waals surface area contributed by atoms with Crippen molar-refractivity contribution in [3.63, 3.8) is 0 Å². The summed E-state index contributed by atoms with van der Waals surface area (Å²) in [6, 6.07) is 6.63. The molecule has 2 aliphatic heterocycles. The second-order valence-corrected chi connectivity index (χ2v) is 11.5. The van der Waals surface area contributed by atoms with Crippen LogP contribution in [0.1, 0.15) is 75.0 Å². The first-order valence-electron chi connectivity index (χ1n) is 14.3. The summed E-state index contributed by atoms with van der Waals surface area (Å²) in [4.78, 5) is 11.7.